The third kappa shape index (κ3) is 4.49. The van der Waals surface area contributed by atoms with Crippen LogP contribution < -0.4 is 4.74 Å². The van der Waals surface area contributed by atoms with Gasteiger partial charge in [-0.3, -0.25) is 0 Å². The molecule has 0 radical (unpaired) electrons. The number of benzene rings is 2. The van der Waals surface area contributed by atoms with Gasteiger partial charge in [-0.1, -0.05) is 30.3 Å². The monoisotopic (exact) mass is 282 g/mol. The van der Waals surface area contributed by atoms with Crippen molar-refractivity contribution >= 4 is 12.0 Å². The number of rotatable bonds is 5. The topological polar surface area (TPSA) is 46.5 Å². The van der Waals surface area contributed by atoms with E-state index in [0.717, 1.165) is 34.1 Å². The van der Waals surface area contributed by atoms with Crippen LogP contribution in [0.2, 0.25) is 0 Å². The Balaban J connectivity index is 2.08. The lowest BCUT2D eigenvalue weighted by Gasteiger charge is -2.10. The lowest BCUT2D eigenvalue weighted by atomic mass is 10.1. The van der Waals surface area contributed by atoms with Gasteiger partial charge in [-0.05, 0) is 54.3 Å². The summed E-state index contributed by atoms with van der Waals surface area (Å²) >= 11 is 0. The first-order valence-electron chi connectivity index (χ1n) is 6.74. The summed E-state index contributed by atoms with van der Waals surface area (Å²) in [4.78, 5) is 10.5. The molecule has 0 spiro atoms. The number of hydrogen-bond acceptors (Lipinski definition) is 2. The van der Waals surface area contributed by atoms with Crippen molar-refractivity contribution in [2.45, 2.75) is 20.5 Å². The van der Waals surface area contributed by atoms with Crippen molar-refractivity contribution < 1.29 is 14.6 Å². The first kappa shape index (κ1) is 14.9. The highest BCUT2D eigenvalue weighted by Gasteiger charge is 2.01. The second-order valence-electron chi connectivity index (χ2n) is 4.97. The second kappa shape index (κ2) is 6.75. The van der Waals surface area contributed by atoms with E-state index in [-0.39, 0.29) is 0 Å². The van der Waals surface area contributed by atoms with Crippen molar-refractivity contribution in [3.8, 4) is 5.75 Å². The zero-order chi connectivity index (χ0) is 15.2. The summed E-state index contributed by atoms with van der Waals surface area (Å²) in [5, 5.41) is 8.64. The van der Waals surface area contributed by atoms with Crippen molar-refractivity contribution in [1.29, 1.82) is 0 Å². The summed E-state index contributed by atoms with van der Waals surface area (Å²) in [5.74, 6) is -0.0754. The van der Waals surface area contributed by atoms with Crippen molar-refractivity contribution in [3.05, 3.63) is 70.8 Å². The first-order chi connectivity index (χ1) is 10.0. The van der Waals surface area contributed by atoms with E-state index in [1.807, 2.05) is 50.2 Å². The van der Waals surface area contributed by atoms with Crippen LogP contribution in [0.4, 0.5) is 0 Å². The molecule has 0 fully saturated rings. The fraction of sp³-hybridized carbons (Fsp3) is 0.167. The molecule has 0 aliphatic heterocycles. The SMILES string of the molecule is Cc1ccc(C)c(OCc2cccc(C=CC(=O)O)c2)c1. The average Bonchev–Trinajstić information content (AvgIpc) is 2.46. The molecule has 2 aromatic rings. The Bertz CT molecular complexity index is 672. The second-order valence-corrected chi connectivity index (χ2v) is 4.97. The molecule has 3 heteroatoms. The molecule has 0 amide bonds. The van der Waals surface area contributed by atoms with Gasteiger partial charge in [0.1, 0.15) is 12.4 Å². The maximum absolute atomic E-state index is 10.5. The Hall–Kier alpha value is -2.55. The molecule has 0 aromatic heterocycles. The van der Waals surface area contributed by atoms with Crippen LogP contribution in [0.5, 0.6) is 5.75 Å². The molecule has 0 aliphatic rings. The van der Waals surface area contributed by atoms with Gasteiger partial charge >= 0.3 is 5.97 Å². The number of aliphatic carboxylic acids is 1. The largest absolute Gasteiger partial charge is 0.489 e. The van der Waals surface area contributed by atoms with E-state index in [9.17, 15) is 4.79 Å². The first-order valence-corrected chi connectivity index (χ1v) is 6.74. The molecule has 0 heterocycles. The minimum absolute atomic E-state index is 0.457. The summed E-state index contributed by atoms with van der Waals surface area (Å²) < 4.78 is 5.84. The van der Waals surface area contributed by atoms with Crippen LogP contribution in [0, 0.1) is 13.8 Å². The zero-order valence-electron chi connectivity index (χ0n) is 12.2. The maximum atomic E-state index is 10.5. The van der Waals surface area contributed by atoms with E-state index >= 15 is 0 Å². The fourth-order valence-corrected chi connectivity index (χ4v) is 1.98. The van der Waals surface area contributed by atoms with E-state index < -0.39 is 5.97 Å². The molecule has 21 heavy (non-hydrogen) atoms. The molecule has 2 aromatic carbocycles. The molecule has 0 saturated carbocycles. The fourth-order valence-electron chi connectivity index (χ4n) is 1.98. The molecule has 1 N–H and O–H groups in total. The van der Waals surface area contributed by atoms with Gasteiger partial charge in [0.15, 0.2) is 0 Å². The molecular formula is C18H18O3. The van der Waals surface area contributed by atoms with E-state index in [1.54, 1.807) is 6.08 Å². The number of aryl methyl sites for hydroxylation is 2. The van der Waals surface area contributed by atoms with Crippen molar-refractivity contribution in [2.24, 2.45) is 0 Å². The predicted molar refractivity (Wildman–Crippen MR) is 83.4 cm³/mol. The zero-order valence-corrected chi connectivity index (χ0v) is 12.2. The molecule has 3 nitrogen and oxygen atoms in total. The quantitative estimate of drug-likeness (QED) is 0.844. The Kier molecular flexibility index (Phi) is 4.77. The van der Waals surface area contributed by atoms with Crippen molar-refractivity contribution in [3.63, 3.8) is 0 Å². The summed E-state index contributed by atoms with van der Waals surface area (Å²) in [5.41, 5.74) is 4.11. The molecule has 0 aliphatic carbocycles. The van der Waals surface area contributed by atoms with Crippen LogP contribution in [0.3, 0.4) is 0 Å². The van der Waals surface area contributed by atoms with E-state index in [0.29, 0.717) is 6.61 Å². The third-order valence-corrected chi connectivity index (χ3v) is 3.11. The standard InChI is InChI=1S/C18H18O3/c1-13-6-7-14(2)17(10-13)21-12-16-5-3-4-15(11-16)8-9-18(19)20/h3-11H,12H2,1-2H3,(H,19,20). The van der Waals surface area contributed by atoms with Gasteiger partial charge in [-0.25, -0.2) is 4.79 Å². The van der Waals surface area contributed by atoms with Crippen LogP contribution in [-0.2, 0) is 11.4 Å². The highest BCUT2D eigenvalue weighted by molar-refractivity contribution is 5.85. The number of carboxylic acids is 1. The van der Waals surface area contributed by atoms with E-state index in [1.165, 1.54) is 0 Å². The molecular weight excluding hydrogens is 264 g/mol. The summed E-state index contributed by atoms with van der Waals surface area (Å²) in [6.45, 7) is 4.50. The van der Waals surface area contributed by atoms with Gasteiger partial charge in [-0.15, -0.1) is 0 Å². The maximum Gasteiger partial charge on any atom is 0.328 e. The van der Waals surface area contributed by atoms with Gasteiger partial charge in [0.25, 0.3) is 0 Å². The van der Waals surface area contributed by atoms with Gasteiger partial charge in [0.2, 0.25) is 0 Å². The van der Waals surface area contributed by atoms with Crippen LogP contribution in [-0.4, -0.2) is 11.1 Å². The van der Waals surface area contributed by atoms with Crippen LogP contribution in [0.25, 0.3) is 6.08 Å². The molecule has 2 rings (SSSR count). The minimum atomic E-state index is -0.952. The molecule has 0 saturated heterocycles. The molecule has 108 valence electrons. The van der Waals surface area contributed by atoms with E-state index in [2.05, 4.69) is 6.07 Å². The summed E-state index contributed by atoms with van der Waals surface area (Å²) in [6.07, 6.45) is 2.70. The minimum Gasteiger partial charge on any atom is -0.489 e. The lowest BCUT2D eigenvalue weighted by molar-refractivity contribution is -0.131. The highest BCUT2D eigenvalue weighted by atomic mass is 16.5. The highest BCUT2D eigenvalue weighted by Crippen LogP contribution is 2.20. The Labute approximate surface area is 124 Å². The Morgan fingerprint density at radius 1 is 1.19 bits per heavy atom. The lowest BCUT2D eigenvalue weighted by Crippen LogP contribution is -1.97. The van der Waals surface area contributed by atoms with Crippen LogP contribution >= 0.6 is 0 Å². The van der Waals surface area contributed by atoms with Crippen molar-refractivity contribution in [1.82, 2.24) is 0 Å². The molecule has 0 unspecified atom stereocenters. The third-order valence-electron chi connectivity index (χ3n) is 3.11. The smallest absolute Gasteiger partial charge is 0.328 e. The number of carbonyl (C=O) groups is 1. The van der Waals surface area contributed by atoms with Gasteiger partial charge in [0.05, 0.1) is 0 Å². The number of ether oxygens (including phenoxy) is 1. The van der Waals surface area contributed by atoms with Gasteiger partial charge in [-0.2, -0.15) is 0 Å². The van der Waals surface area contributed by atoms with E-state index in [4.69, 9.17) is 9.84 Å². The van der Waals surface area contributed by atoms with Crippen LogP contribution in [0.1, 0.15) is 22.3 Å². The molecule has 0 bridgehead atoms. The Morgan fingerprint density at radius 3 is 2.76 bits per heavy atom. The summed E-state index contributed by atoms with van der Waals surface area (Å²) in [7, 11) is 0. The van der Waals surface area contributed by atoms with Crippen molar-refractivity contribution in [2.75, 3.05) is 0 Å². The predicted octanol–water partition coefficient (Wildman–Crippen LogP) is 3.98. The van der Waals surface area contributed by atoms with Gasteiger partial charge < -0.3 is 9.84 Å². The number of hydrogen-bond donors (Lipinski definition) is 1. The normalized spacial score (nSPS) is 10.8. The Morgan fingerprint density at radius 2 is 2.00 bits per heavy atom. The molecule has 0 atom stereocenters. The number of carboxylic acid groups (broad SMARTS) is 1. The van der Waals surface area contributed by atoms with Gasteiger partial charge in [0, 0.05) is 6.08 Å². The average molecular weight is 282 g/mol. The van der Waals surface area contributed by atoms with Crippen LogP contribution in [0.15, 0.2) is 48.5 Å². The summed E-state index contributed by atoms with van der Waals surface area (Å²) in [6, 6.07) is 13.7.